The molecule has 9 N–H and O–H groups in total. The van der Waals surface area contributed by atoms with Crippen LogP contribution >= 0.6 is 0 Å². The van der Waals surface area contributed by atoms with Crippen molar-refractivity contribution in [1.82, 2.24) is 10.6 Å². The Balaban J connectivity index is -0.00000192. The van der Waals surface area contributed by atoms with Gasteiger partial charge in [0.15, 0.2) is 6.10 Å². The minimum absolute atomic E-state index is 0.0591. The fourth-order valence-electron chi connectivity index (χ4n) is 18.4. The van der Waals surface area contributed by atoms with E-state index in [1.165, 1.54) is 501 Å². The summed E-state index contributed by atoms with van der Waals surface area (Å²) in [6.07, 6.45) is 122. The minimum Gasteiger partial charge on any atom is -0.464 e. The molecule has 0 heterocycles. The van der Waals surface area contributed by atoms with Gasteiger partial charge in [0.1, 0.15) is 12.2 Å². The first kappa shape index (κ1) is 132. The lowest BCUT2D eigenvalue weighted by Gasteiger charge is -2.27. The lowest BCUT2D eigenvalue weighted by atomic mass is 9.99. The average Bonchev–Trinajstić information content (AvgIpc) is 0.874. The van der Waals surface area contributed by atoms with E-state index in [4.69, 9.17) is 4.74 Å². The van der Waals surface area contributed by atoms with Crippen LogP contribution in [0.25, 0.3) is 0 Å². The standard InChI is InChI=1S/C47H93NO3.C42H85NO5.C28H56O3/c1-3-5-7-9-11-13-15-17-18-19-20-21-22-23-24-25-26-27-28-29-31-33-35-37-39-41-43-47(51)48-45(44-49)46(50)42-40-38-36-34-32-30-16-14-12-10-8-6-4-2;1-3-5-7-9-11-13-15-17-18-19-20-21-22-23-24-26-28-30-32-34-36-40(46)42(48)43-38(37-44)41(47)39(45)35-33-31-29-27-25-16-14-12-10-8-6-4-2;1-3-5-7-8-9-10-11-12-13-14-15-16-17-18-19-20-21-22-23-24-25-27(29)28(30)31-26-6-4-2/h40,42,45-46,49-50H,3-39,41,43-44H2,1-2H3,(H,48,51);38-41,44-47H,3-37H2,1-2H3,(H,43,48);27,29H,3-26H2,1-2H3/b42-40+;;. The topological polar surface area (TPSA) is 226 Å². The third kappa shape index (κ3) is 106. The van der Waals surface area contributed by atoms with Crippen LogP contribution in [-0.4, -0.2) is 116 Å². The van der Waals surface area contributed by atoms with Crippen molar-refractivity contribution in [3.05, 3.63) is 12.2 Å². The summed E-state index contributed by atoms with van der Waals surface area (Å²) in [5, 5.41) is 76.4. The van der Waals surface area contributed by atoms with Crippen molar-refractivity contribution in [3.63, 3.8) is 0 Å². The maximum Gasteiger partial charge on any atom is 0.334 e. The van der Waals surface area contributed by atoms with Gasteiger partial charge in [-0.15, -0.1) is 0 Å². The van der Waals surface area contributed by atoms with Crippen LogP contribution in [0.15, 0.2) is 12.2 Å². The molecular formula is C117H234N2O11. The Bertz CT molecular complexity index is 2150. The van der Waals surface area contributed by atoms with Crippen LogP contribution in [0.4, 0.5) is 0 Å². The van der Waals surface area contributed by atoms with E-state index in [-0.39, 0.29) is 12.5 Å². The van der Waals surface area contributed by atoms with Gasteiger partial charge in [0.05, 0.1) is 44.1 Å². The Morgan fingerprint density at radius 1 is 0.246 bits per heavy atom. The van der Waals surface area contributed by atoms with E-state index in [1.807, 2.05) is 6.08 Å². The van der Waals surface area contributed by atoms with Crippen molar-refractivity contribution >= 4 is 17.8 Å². The van der Waals surface area contributed by atoms with Crippen LogP contribution in [0.2, 0.25) is 0 Å². The largest absolute Gasteiger partial charge is 0.464 e. The van der Waals surface area contributed by atoms with Crippen LogP contribution in [0, 0.1) is 0 Å². The number of aliphatic hydroxyl groups is 7. The SMILES string of the molecule is CCCCCCCCCCCCC/C=C/C(O)C(CO)NC(=O)CCCCCCCCCCCCCCCCCCCCCCCCCCCC.CCCCCCCCCCCCCCCCCCCCCCC(O)C(=O)NC(CO)C(O)C(O)CCCCCCCCCCCCCC.CCCCCCCCCCCCCCCCCCCCCCC(O)C(=O)OCCCC. The monoisotopic (exact) mass is 1840 g/mol. The molecule has 0 aliphatic carbocycles. The predicted molar refractivity (Wildman–Crippen MR) is 565 cm³/mol. The van der Waals surface area contributed by atoms with Crippen LogP contribution < -0.4 is 10.6 Å². The molecule has 0 saturated heterocycles. The molecule has 0 aromatic carbocycles. The molecule has 0 radical (unpaired) electrons. The van der Waals surface area contributed by atoms with Crippen molar-refractivity contribution in [2.75, 3.05) is 19.8 Å². The van der Waals surface area contributed by atoms with Gasteiger partial charge in [0.25, 0.3) is 0 Å². The quantitative estimate of drug-likeness (QED) is 0.0158. The van der Waals surface area contributed by atoms with Gasteiger partial charge in [0, 0.05) is 6.42 Å². The normalized spacial score (nSPS) is 13.2. The lowest BCUT2D eigenvalue weighted by molar-refractivity contribution is -0.154. The molecule has 7 atom stereocenters. The van der Waals surface area contributed by atoms with Crippen molar-refractivity contribution in [2.45, 2.75) is 701 Å². The minimum atomic E-state index is -1.25. The maximum absolute atomic E-state index is 12.5. The van der Waals surface area contributed by atoms with Gasteiger partial charge in [-0.25, -0.2) is 4.79 Å². The molecule has 0 spiro atoms. The number of aliphatic hydroxyl groups excluding tert-OH is 7. The van der Waals surface area contributed by atoms with E-state index in [0.29, 0.717) is 32.3 Å². The number of esters is 1. The van der Waals surface area contributed by atoms with E-state index in [9.17, 15) is 50.1 Å². The zero-order valence-electron chi connectivity index (χ0n) is 88.5. The highest BCUT2D eigenvalue weighted by Gasteiger charge is 2.29. The highest BCUT2D eigenvalue weighted by Crippen LogP contribution is 2.24. The Kier molecular flexibility index (Phi) is 117. The van der Waals surface area contributed by atoms with Gasteiger partial charge in [-0.3, -0.25) is 9.59 Å². The predicted octanol–water partition coefficient (Wildman–Crippen LogP) is 34.4. The molecule has 0 aliphatic rings. The van der Waals surface area contributed by atoms with Gasteiger partial charge in [-0.2, -0.15) is 0 Å². The molecule has 0 aliphatic heterocycles. The van der Waals surface area contributed by atoms with E-state index in [1.54, 1.807) is 6.08 Å². The molecule has 130 heavy (non-hydrogen) atoms. The number of carbonyl (C=O) groups excluding carboxylic acids is 3. The molecule has 13 heteroatoms. The van der Waals surface area contributed by atoms with Gasteiger partial charge in [-0.05, 0) is 44.9 Å². The zero-order chi connectivity index (χ0) is 95.3. The van der Waals surface area contributed by atoms with Gasteiger partial charge in [0.2, 0.25) is 11.8 Å². The van der Waals surface area contributed by atoms with Crippen LogP contribution in [0.1, 0.15) is 658 Å². The summed E-state index contributed by atoms with van der Waals surface area (Å²) in [5.41, 5.74) is 0. The van der Waals surface area contributed by atoms with Crippen LogP contribution in [0.5, 0.6) is 0 Å². The number of nitrogens with one attached hydrogen (secondary N) is 2. The van der Waals surface area contributed by atoms with E-state index in [2.05, 4.69) is 52.2 Å². The highest BCUT2D eigenvalue weighted by atomic mass is 16.5. The summed E-state index contributed by atoms with van der Waals surface area (Å²) in [6.45, 7) is 13.2. The summed E-state index contributed by atoms with van der Waals surface area (Å²) in [7, 11) is 0. The summed E-state index contributed by atoms with van der Waals surface area (Å²) in [4.78, 5) is 36.4. The number of rotatable bonds is 107. The van der Waals surface area contributed by atoms with Crippen molar-refractivity contribution in [1.29, 1.82) is 0 Å². The third-order valence-electron chi connectivity index (χ3n) is 27.7. The number of hydrogen-bond donors (Lipinski definition) is 9. The van der Waals surface area contributed by atoms with Gasteiger partial charge >= 0.3 is 5.97 Å². The van der Waals surface area contributed by atoms with Crippen molar-refractivity contribution < 1.29 is 54.9 Å². The average molecular weight is 1850 g/mol. The van der Waals surface area contributed by atoms with E-state index >= 15 is 0 Å². The van der Waals surface area contributed by atoms with Gasteiger partial charge in [-0.1, -0.05) is 619 Å². The summed E-state index contributed by atoms with van der Waals surface area (Å²) >= 11 is 0. The first-order valence-electron chi connectivity index (χ1n) is 58.9. The van der Waals surface area contributed by atoms with Crippen molar-refractivity contribution in [2.24, 2.45) is 0 Å². The van der Waals surface area contributed by atoms with E-state index < -0.39 is 61.1 Å². The first-order chi connectivity index (χ1) is 63.8. The molecule has 0 fully saturated rings. The molecule has 0 rings (SSSR count). The summed E-state index contributed by atoms with van der Waals surface area (Å²) in [5.74, 6) is -1.08. The molecular weight excluding hydrogens is 1610 g/mol. The number of unbranched alkanes of at least 4 members (excludes halogenated alkanes) is 86. The molecule has 0 saturated carbocycles. The number of amides is 2. The molecule has 778 valence electrons. The molecule has 7 unspecified atom stereocenters. The number of hydrogen-bond acceptors (Lipinski definition) is 11. The number of carbonyl (C=O) groups is 3. The van der Waals surface area contributed by atoms with Crippen molar-refractivity contribution in [3.8, 4) is 0 Å². The Labute approximate surface area is 811 Å². The Morgan fingerprint density at radius 3 is 0.708 bits per heavy atom. The summed E-state index contributed by atoms with van der Waals surface area (Å²) in [6, 6.07) is -1.59. The maximum atomic E-state index is 12.5. The smallest absolute Gasteiger partial charge is 0.334 e. The second-order valence-electron chi connectivity index (χ2n) is 40.8. The Hall–Kier alpha value is -2.13. The molecule has 2 amide bonds. The second-order valence-corrected chi connectivity index (χ2v) is 40.8. The van der Waals surface area contributed by atoms with Gasteiger partial charge < -0.3 is 51.1 Å². The molecule has 0 aromatic rings. The molecule has 0 bridgehead atoms. The number of allylic oxidation sites excluding steroid dienone is 1. The highest BCUT2D eigenvalue weighted by molar-refractivity contribution is 5.80. The fourth-order valence-corrected chi connectivity index (χ4v) is 18.4. The van der Waals surface area contributed by atoms with Crippen LogP contribution in [0.3, 0.4) is 0 Å². The second kappa shape index (κ2) is 116. The zero-order valence-corrected chi connectivity index (χ0v) is 88.5. The third-order valence-corrected chi connectivity index (χ3v) is 27.7. The molecule has 0 aromatic heterocycles. The van der Waals surface area contributed by atoms with Crippen LogP contribution in [-0.2, 0) is 19.1 Å². The fraction of sp³-hybridized carbons (Fsp3) is 0.957. The first-order valence-corrected chi connectivity index (χ1v) is 58.9. The Morgan fingerprint density at radius 2 is 0.462 bits per heavy atom. The lowest BCUT2D eigenvalue weighted by Crippen LogP contribution is -2.53. The number of ether oxygens (including phenoxy) is 1. The molecule has 13 nitrogen and oxygen atoms in total. The summed E-state index contributed by atoms with van der Waals surface area (Å²) < 4.78 is 5.05. The van der Waals surface area contributed by atoms with E-state index in [0.717, 1.165) is 89.9 Å².